The summed E-state index contributed by atoms with van der Waals surface area (Å²) in [5.41, 5.74) is 0.574. The third kappa shape index (κ3) is 4.53. The van der Waals surface area contributed by atoms with Crippen LogP contribution in [0.4, 0.5) is 10.1 Å². The highest BCUT2D eigenvalue weighted by molar-refractivity contribution is 6.58. The highest BCUT2D eigenvalue weighted by Gasteiger charge is 2.76. The van der Waals surface area contributed by atoms with Crippen molar-refractivity contribution < 1.29 is 23.8 Å². The van der Waals surface area contributed by atoms with Crippen molar-refractivity contribution in [2.45, 2.75) is 41.3 Å². The van der Waals surface area contributed by atoms with Crippen LogP contribution in [0.25, 0.3) is 5.69 Å². The number of hydrogen-bond acceptors (Lipinski definition) is 6. The summed E-state index contributed by atoms with van der Waals surface area (Å²) in [6.45, 7) is 0.153. The van der Waals surface area contributed by atoms with Crippen LogP contribution in [-0.4, -0.2) is 40.6 Å². The number of para-hydroxylation sites is 1. The van der Waals surface area contributed by atoms with E-state index in [4.69, 9.17) is 27.9 Å². The fourth-order valence-corrected chi connectivity index (χ4v) is 8.31. The number of nitrogens with zero attached hydrogens (tertiary/aromatic N) is 4. The van der Waals surface area contributed by atoms with Gasteiger partial charge in [0, 0.05) is 24.0 Å². The summed E-state index contributed by atoms with van der Waals surface area (Å²) >= 11 is 14.8. The van der Waals surface area contributed by atoms with Crippen molar-refractivity contribution in [3.8, 4) is 17.2 Å². The Hall–Kier alpha value is -5.39. The molecule has 3 heterocycles. The number of benzene rings is 4. The first kappa shape index (κ1) is 31.9. The predicted molar refractivity (Wildman–Crippen MR) is 184 cm³/mol. The Morgan fingerprint density at radius 3 is 2.18 bits per heavy atom. The third-order valence-electron chi connectivity index (χ3n) is 9.74. The number of aromatic nitrogens is 3. The van der Waals surface area contributed by atoms with Crippen molar-refractivity contribution in [3.05, 3.63) is 153 Å². The quantitative estimate of drug-likeness (QED) is 0.143. The van der Waals surface area contributed by atoms with E-state index in [2.05, 4.69) is 0 Å². The van der Waals surface area contributed by atoms with Gasteiger partial charge in [-0.3, -0.25) is 9.59 Å². The van der Waals surface area contributed by atoms with E-state index in [1.807, 2.05) is 30.3 Å². The summed E-state index contributed by atoms with van der Waals surface area (Å²) in [6.07, 6.45) is 1.34. The zero-order chi connectivity index (χ0) is 34.9. The summed E-state index contributed by atoms with van der Waals surface area (Å²) < 4.78 is 23.3. The molecule has 2 amide bonds. The van der Waals surface area contributed by atoms with Crippen LogP contribution < -0.4 is 21.0 Å². The molecule has 0 bridgehead atoms. The average molecular weight is 714 g/mol. The van der Waals surface area contributed by atoms with E-state index in [9.17, 15) is 28.7 Å². The molecule has 1 N–H and O–H groups in total. The molecule has 50 heavy (non-hydrogen) atoms. The number of ether oxygens (including phenoxy) is 1. The summed E-state index contributed by atoms with van der Waals surface area (Å²) in [5.74, 6) is -3.57. The van der Waals surface area contributed by atoms with E-state index in [0.29, 0.717) is 17.0 Å². The molecule has 3 aliphatic rings. The fourth-order valence-electron chi connectivity index (χ4n) is 7.40. The number of rotatable bonds is 6. The van der Waals surface area contributed by atoms with Crippen LogP contribution in [0, 0.1) is 5.82 Å². The molecule has 2 aliphatic heterocycles. The number of carbonyl (C=O) groups excluding carboxylic acids is 2. The highest BCUT2D eigenvalue weighted by Crippen LogP contribution is 2.64. The number of aromatic hydroxyl groups is 1. The molecule has 1 saturated heterocycles. The second kappa shape index (κ2) is 11.6. The molecular formula is C37H27Cl2FN4O6. The maximum Gasteiger partial charge on any atom is 0.352 e. The molecule has 0 spiro atoms. The average Bonchev–Trinajstić information content (AvgIpc) is 3.46. The van der Waals surface area contributed by atoms with Gasteiger partial charge < -0.3 is 9.84 Å². The van der Waals surface area contributed by atoms with Gasteiger partial charge in [0.25, 0.3) is 11.8 Å². The van der Waals surface area contributed by atoms with Crippen LogP contribution >= 0.6 is 23.2 Å². The Labute approximate surface area is 293 Å². The summed E-state index contributed by atoms with van der Waals surface area (Å²) in [7, 11) is 0. The maximum absolute atomic E-state index is 14.5. The molecule has 4 aromatic carbocycles. The van der Waals surface area contributed by atoms with Crippen LogP contribution in [0.3, 0.4) is 0 Å². The fraction of sp³-hybridized carbons (Fsp3) is 0.189. The SMILES string of the molecule is O=C1N(c2ccc(F)cc2)C(=O)[C@@]2(Cl)[C@@H](c3ccc(OCc4ccccc4)cc3O)C3=CCn4c(=O)n(-c5ccccc5)c(=O)n4[C@@H]3C[C@@]12Cl. The van der Waals surface area contributed by atoms with Gasteiger partial charge >= 0.3 is 11.4 Å². The Morgan fingerprint density at radius 1 is 0.820 bits per heavy atom. The van der Waals surface area contributed by atoms with E-state index in [0.717, 1.165) is 27.2 Å². The monoisotopic (exact) mass is 712 g/mol. The standard InChI is InChI=1S/C37H27Cl2FN4O6/c38-36-20-29-27(17-18-41-34(48)43(35(49)44(29)41)24-9-5-2-6-10-24)31(28-16-15-26(19-30(28)45)50-21-22-7-3-1-4-8-22)37(36,39)33(47)42(32(36)46)25-13-11-23(40)12-14-25/h1-17,19,29,31,45H,18,20-21H2/t29-,31-,36-,37+/m1/s1. The van der Waals surface area contributed by atoms with Crippen molar-refractivity contribution in [3.63, 3.8) is 0 Å². The number of alkyl halides is 2. The first-order valence-corrected chi connectivity index (χ1v) is 16.5. The minimum atomic E-state index is -2.22. The molecular weight excluding hydrogens is 686 g/mol. The van der Waals surface area contributed by atoms with Gasteiger partial charge in [-0.1, -0.05) is 60.7 Å². The molecule has 5 aromatic rings. The van der Waals surface area contributed by atoms with Gasteiger partial charge in [0.1, 0.15) is 23.9 Å². The molecule has 8 rings (SSSR count). The van der Waals surface area contributed by atoms with E-state index < -0.39 is 50.7 Å². The Balaban J connectivity index is 1.29. The molecule has 1 aliphatic carbocycles. The van der Waals surface area contributed by atoms with E-state index in [-0.39, 0.29) is 36.6 Å². The minimum Gasteiger partial charge on any atom is -0.508 e. The number of phenolic OH excluding ortho intramolecular Hbond substituents is 1. The van der Waals surface area contributed by atoms with Crippen LogP contribution in [0.15, 0.2) is 124 Å². The number of carbonyl (C=O) groups is 2. The molecule has 0 radical (unpaired) electrons. The number of halogens is 3. The smallest absolute Gasteiger partial charge is 0.352 e. The Morgan fingerprint density at radius 2 is 1.50 bits per heavy atom. The largest absolute Gasteiger partial charge is 0.508 e. The highest BCUT2D eigenvalue weighted by atomic mass is 35.5. The molecule has 1 saturated carbocycles. The number of imide groups is 1. The van der Waals surface area contributed by atoms with E-state index in [1.54, 1.807) is 48.5 Å². The van der Waals surface area contributed by atoms with Crippen LogP contribution in [0.5, 0.6) is 11.5 Å². The summed E-state index contributed by atoms with van der Waals surface area (Å²) in [6, 6.07) is 26.1. The number of hydrogen-bond donors (Lipinski definition) is 1. The van der Waals surface area contributed by atoms with E-state index in [1.165, 1.54) is 27.6 Å². The summed E-state index contributed by atoms with van der Waals surface area (Å²) in [4.78, 5) is 53.1. The van der Waals surface area contributed by atoms with Gasteiger partial charge in [-0.25, -0.2) is 32.8 Å². The van der Waals surface area contributed by atoms with Crippen LogP contribution in [0.2, 0.25) is 0 Å². The number of amides is 2. The van der Waals surface area contributed by atoms with Crippen molar-refractivity contribution in [2.75, 3.05) is 4.90 Å². The molecule has 1 aromatic heterocycles. The van der Waals surface area contributed by atoms with Gasteiger partial charge in [-0.05, 0) is 53.6 Å². The molecule has 2 fully saturated rings. The van der Waals surface area contributed by atoms with Crippen molar-refractivity contribution in [1.82, 2.24) is 13.9 Å². The Kier molecular flexibility index (Phi) is 7.39. The number of allylic oxidation sites excluding steroid dienone is 2. The number of phenols is 1. The van der Waals surface area contributed by atoms with Crippen LogP contribution in [0.1, 0.15) is 29.5 Å². The van der Waals surface area contributed by atoms with Crippen LogP contribution in [-0.2, 0) is 22.7 Å². The van der Waals surface area contributed by atoms with Crippen molar-refractivity contribution in [1.29, 1.82) is 0 Å². The molecule has 10 nitrogen and oxygen atoms in total. The zero-order valence-electron chi connectivity index (χ0n) is 26.1. The second-order valence-electron chi connectivity index (χ2n) is 12.4. The molecule has 0 unspecified atom stereocenters. The topological polar surface area (TPSA) is 116 Å². The lowest BCUT2D eigenvalue weighted by Gasteiger charge is -2.49. The predicted octanol–water partition coefficient (Wildman–Crippen LogP) is 5.42. The third-order valence-corrected chi connectivity index (χ3v) is 11.2. The minimum absolute atomic E-state index is 0.0461. The number of fused-ring (bicyclic) bond motifs is 4. The van der Waals surface area contributed by atoms with Gasteiger partial charge in [0.15, 0.2) is 9.75 Å². The van der Waals surface area contributed by atoms with Gasteiger partial charge in [0.05, 0.1) is 24.0 Å². The summed E-state index contributed by atoms with van der Waals surface area (Å²) in [5, 5.41) is 11.6. The van der Waals surface area contributed by atoms with Gasteiger partial charge in [-0.2, -0.15) is 0 Å². The van der Waals surface area contributed by atoms with Crippen molar-refractivity contribution in [2.24, 2.45) is 0 Å². The van der Waals surface area contributed by atoms with Gasteiger partial charge in [-0.15, -0.1) is 23.2 Å². The first-order chi connectivity index (χ1) is 24.0. The molecule has 13 heteroatoms. The lowest BCUT2D eigenvalue weighted by molar-refractivity contribution is -0.122. The maximum atomic E-state index is 14.5. The Bertz CT molecular complexity index is 2340. The normalized spacial score (nSPS) is 24.0. The molecule has 252 valence electrons. The molecule has 4 atom stereocenters. The lowest BCUT2D eigenvalue weighted by atomic mass is 9.64. The van der Waals surface area contributed by atoms with Crippen molar-refractivity contribution >= 4 is 40.7 Å². The lowest BCUT2D eigenvalue weighted by Crippen LogP contribution is -2.59. The van der Waals surface area contributed by atoms with E-state index >= 15 is 0 Å². The second-order valence-corrected chi connectivity index (χ2v) is 13.7. The number of anilines is 1. The zero-order valence-corrected chi connectivity index (χ0v) is 27.6. The first-order valence-electron chi connectivity index (χ1n) is 15.8. The van der Waals surface area contributed by atoms with Gasteiger partial charge in [0.2, 0.25) is 0 Å².